The molecule has 1 aromatic rings. The zero-order valence-electron chi connectivity index (χ0n) is 13.3. The van der Waals surface area contributed by atoms with Crippen LogP contribution < -0.4 is 10.2 Å². The Morgan fingerprint density at radius 1 is 1.26 bits per heavy atom. The Labute approximate surface area is 145 Å². The Morgan fingerprint density at radius 3 is 2.65 bits per heavy atom. The molecule has 0 radical (unpaired) electrons. The maximum absolute atomic E-state index is 12.8. The molecular formula is C17H22BrN3O2. The van der Waals surface area contributed by atoms with E-state index in [1.807, 2.05) is 31.3 Å². The van der Waals surface area contributed by atoms with Crippen LogP contribution in [0.25, 0.3) is 0 Å². The number of benzene rings is 1. The summed E-state index contributed by atoms with van der Waals surface area (Å²) in [5, 5.41) is 3.30. The van der Waals surface area contributed by atoms with E-state index in [0.29, 0.717) is 13.0 Å². The van der Waals surface area contributed by atoms with Crippen LogP contribution in [0.3, 0.4) is 0 Å². The van der Waals surface area contributed by atoms with Crippen molar-refractivity contribution in [3.05, 3.63) is 28.7 Å². The molecule has 1 atom stereocenters. The summed E-state index contributed by atoms with van der Waals surface area (Å²) in [5.41, 5.74) is 0.845. The molecule has 5 nitrogen and oxygen atoms in total. The van der Waals surface area contributed by atoms with Gasteiger partial charge in [0.25, 0.3) is 0 Å². The fraction of sp³-hybridized carbons (Fsp3) is 0.529. The lowest BCUT2D eigenvalue weighted by atomic mass is 10.0. The van der Waals surface area contributed by atoms with Crippen LogP contribution in [0.1, 0.15) is 19.3 Å². The van der Waals surface area contributed by atoms with Crippen molar-refractivity contribution in [2.24, 2.45) is 5.92 Å². The average Bonchev–Trinajstić information content (AvgIpc) is 2.96. The number of carbonyl (C=O) groups excluding carboxylic acids is 2. The van der Waals surface area contributed by atoms with Crippen LogP contribution in [-0.4, -0.2) is 49.4 Å². The van der Waals surface area contributed by atoms with Crippen molar-refractivity contribution < 1.29 is 9.59 Å². The van der Waals surface area contributed by atoms with Gasteiger partial charge in [-0.15, -0.1) is 0 Å². The maximum Gasteiger partial charge on any atom is 0.239 e. The van der Waals surface area contributed by atoms with E-state index in [1.54, 1.807) is 9.80 Å². The second-order valence-electron chi connectivity index (χ2n) is 6.21. The van der Waals surface area contributed by atoms with Crippen molar-refractivity contribution >= 4 is 33.4 Å². The van der Waals surface area contributed by atoms with Gasteiger partial charge >= 0.3 is 0 Å². The van der Waals surface area contributed by atoms with Crippen molar-refractivity contribution in [3.63, 3.8) is 0 Å². The van der Waals surface area contributed by atoms with E-state index < -0.39 is 5.92 Å². The van der Waals surface area contributed by atoms with Crippen molar-refractivity contribution in [2.75, 3.05) is 31.6 Å². The Balaban J connectivity index is 1.71. The minimum atomic E-state index is -0.540. The highest BCUT2D eigenvalue weighted by Crippen LogP contribution is 2.32. The quantitative estimate of drug-likeness (QED) is 0.817. The molecule has 3 rings (SSSR count). The molecule has 1 aromatic carbocycles. The summed E-state index contributed by atoms with van der Waals surface area (Å²) < 4.78 is 0.883. The number of piperidine rings is 1. The third-order valence-electron chi connectivity index (χ3n) is 4.85. The van der Waals surface area contributed by atoms with Crippen LogP contribution in [0, 0.1) is 5.92 Å². The molecule has 124 valence electrons. The first kappa shape index (κ1) is 16.5. The Kier molecular flexibility index (Phi) is 5.02. The predicted octanol–water partition coefficient (Wildman–Crippen LogP) is 2.01. The van der Waals surface area contributed by atoms with Crippen LogP contribution in [0.5, 0.6) is 0 Å². The monoisotopic (exact) mass is 379 g/mol. The number of para-hydroxylation sites is 1. The van der Waals surface area contributed by atoms with Crippen LogP contribution in [0.4, 0.5) is 5.69 Å². The molecule has 2 aliphatic rings. The second-order valence-corrected chi connectivity index (χ2v) is 7.07. The minimum absolute atomic E-state index is 0.0311. The second kappa shape index (κ2) is 7.01. The topological polar surface area (TPSA) is 52.7 Å². The summed E-state index contributed by atoms with van der Waals surface area (Å²) in [4.78, 5) is 29.0. The smallest absolute Gasteiger partial charge is 0.239 e. The fourth-order valence-corrected chi connectivity index (χ4v) is 3.94. The molecule has 2 fully saturated rings. The number of nitrogens with zero attached hydrogens (tertiary/aromatic N) is 2. The molecule has 1 N–H and O–H groups in total. The number of hydrogen-bond acceptors (Lipinski definition) is 3. The van der Waals surface area contributed by atoms with Crippen molar-refractivity contribution in [3.8, 4) is 0 Å². The molecule has 2 aliphatic heterocycles. The van der Waals surface area contributed by atoms with Gasteiger partial charge in [0.2, 0.25) is 11.8 Å². The average molecular weight is 380 g/mol. The van der Waals surface area contributed by atoms with Gasteiger partial charge in [0.1, 0.15) is 5.92 Å². The SMILES string of the molecule is CN(C(=O)C1CCN(c2ccccc2Br)C1=O)C1CCNCC1. The number of rotatable bonds is 3. The van der Waals surface area contributed by atoms with Gasteiger partial charge in [0.15, 0.2) is 0 Å². The molecular weight excluding hydrogens is 358 g/mol. The predicted molar refractivity (Wildman–Crippen MR) is 93.3 cm³/mol. The zero-order chi connectivity index (χ0) is 16.4. The highest BCUT2D eigenvalue weighted by molar-refractivity contribution is 9.10. The van der Waals surface area contributed by atoms with Crippen molar-refractivity contribution in [1.82, 2.24) is 10.2 Å². The van der Waals surface area contributed by atoms with Gasteiger partial charge < -0.3 is 15.1 Å². The van der Waals surface area contributed by atoms with Gasteiger partial charge in [0, 0.05) is 24.1 Å². The molecule has 0 aromatic heterocycles. The molecule has 2 heterocycles. The summed E-state index contributed by atoms with van der Waals surface area (Å²) in [6.07, 6.45) is 2.50. The van der Waals surface area contributed by atoms with Gasteiger partial charge in [-0.3, -0.25) is 9.59 Å². The zero-order valence-corrected chi connectivity index (χ0v) is 14.9. The Bertz CT molecular complexity index is 601. The summed E-state index contributed by atoms with van der Waals surface area (Å²) in [7, 11) is 1.84. The van der Waals surface area contributed by atoms with E-state index in [0.717, 1.165) is 36.1 Å². The molecule has 23 heavy (non-hydrogen) atoms. The number of hydrogen-bond donors (Lipinski definition) is 1. The lowest BCUT2D eigenvalue weighted by Crippen LogP contribution is -2.47. The van der Waals surface area contributed by atoms with E-state index in [2.05, 4.69) is 21.2 Å². The number of halogens is 1. The largest absolute Gasteiger partial charge is 0.342 e. The van der Waals surface area contributed by atoms with Gasteiger partial charge in [-0.25, -0.2) is 0 Å². The lowest BCUT2D eigenvalue weighted by Gasteiger charge is -2.33. The summed E-state index contributed by atoms with van der Waals surface area (Å²) >= 11 is 3.49. The third-order valence-corrected chi connectivity index (χ3v) is 5.52. The summed E-state index contributed by atoms with van der Waals surface area (Å²) in [6, 6.07) is 7.89. The van der Waals surface area contributed by atoms with Crippen molar-refractivity contribution in [2.45, 2.75) is 25.3 Å². The molecule has 0 saturated carbocycles. The molecule has 2 saturated heterocycles. The number of anilines is 1. The van der Waals surface area contributed by atoms with E-state index in [9.17, 15) is 9.59 Å². The van der Waals surface area contributed by atoms with E-state index in [1.165, 1.54) is 0 Å². The Morgan fingerprint density at radius 2 is 1.96 bits per heavy atom. The molecule has 0 aliphatic carbocycles. The molecule has 0 spiro atoms. The number of amides is 2. The minimum Gasteiger partial charge on any atom is -0.342 e. The number of carbonyl (C=O) groups is 2. The fourth-order valence-electron chi connectivity index (χ4n) is 3.44. The molecule has 2 amide bonds. The molecule has 0 bridgehead atoms. The normalized spacial score (nSPS) is 22.4. The Hall–Kier alpha value is -1.40. The highest BCUT2D eigenvalue weighted by atomic mass is 79.9. The van der Waals surface area contributed by atoms with E-state index in [4.69, 9.17) is 0 Å². The van der Waals surface area contributed by atoms with Crippen LogP contribution in [0.2, 0.25) is 0 Å². The highest BCUT2D eigenvalue weighted by Gasteiger charge is 2.40. The first-order valence-corrected chi connectivity index (χ1v) is 8.92. The van der Waals surface area contributed by atoms with Gasteiger partial charge in [-0.1, -0.05) is 12.1 Å². The van der Waals surface area contributed by atoms with Crippen LogP contribution >= 0.6 is 15.9 Å². The molecule has 6 heteroatoms. The van der Waals surface area contributed by atoms with Gasteiger partial charge in [-0.05, 0) is 60.4 Å². The van der Waals surface area contributed by atoms with Gasteiger partial charge in [0.05, 0.1) is 5.69 Å². The number of nitrogens with one attached hydrogen (secondary N) is 1. The van der Waals surface area contributed by atoms with Gasteiger partial charge in [-0.2, -0.15) is 0 Å². The first-order valence-electron chi connectivity index (χ1n) is 8.13. The maximum atomic E-state index is 12.8. The standard InChI is InChI=1S/C17H22BrN3O2/c1-20(12-6-9-19-10-7-12)16(22)13-8-11-21(17(13)23)15-5-3-2-4-14(15)18/h2-5,12-13,19H,6-11H2,1H3. The van der Waals surface area contributed by atoms with Crippen molar-refractivity contribution in [1.29, 1.82) is 0 Å². The van der Waals surface area contributed by atoms with Crippen LogP contribution in [-0.2, 0) is 9.59 Å². The van der Waals surface area contributed by atoms with Crippen LogP contribution in [0.15, 0.2) is 28.7 Å². The third kappa shape index (κ3) is 3.28. The lowest BCUT2D eigenvalue weighted by molar-refractivity contribution is -0.140. The summed E-state index contributed by atoms with van der Waals surface area (Å²) in [5.74, 6) is -0.652. The first-order chi connectivity index (χ1) is 11.1. The van der Waals surface area contributed by atoms with E-state index in [-0.39, 0.29) is 17.9 Å². The summed E-state index contributed by atoms with van der Waals surface area (Å²) in [6.45, 7) is 2.46. The molecule has 1 unspecified atom stereocenters. The van der Waals surface area contributed by atoms with E-state index >= 15 is 0 Å².